The molecule has 2 aliphatic rings. The first kappa shape index (κ1) is 39.7. The summed E-state index contributed by atoms with van der Waals surface area (Å²) in [5.41, 5.74) is 4.64. The minimum absolute atomic E-state index is 0.0254. The van der Waals surface area contributed by atoms with Crippen molar-refractivity contribution in [3.63, 3.8) is 0 Å². The van der Waals surface area contributed by atoms with Crippen molar-refractivity contribution in [2.45, 2.75) is 128 Å². The van der Waals surface area contributed by atoms with Gasteiger partial charge < -0.3 is 40.4 Å². The smallest absolute Gasteiger partial charge is 0.408 e. The lowest BCUT2D eigenvalue weighted by Crippen LogP contribution is -2.60. The lowest BCUT2D eigenvalue weighted by atomic mass is 10.1. The third-order valence-electron chi connectivity index (χ3n) is 7.88. The summed E-state index contributed by atoms with van der Waals surface area (Å²) in [7, 11) is 0. The summed E-state index contributed by atoms with van der Waals surface area (Å²) in [6, 6.07) is -4.65. The fourth-order valence-corrected chi connectivity index (χ4v) is 5.55. The second-order valence-electron chi connectivity index (χ2n) is 12.9. The van der Waals surface area contributed by atoms with Crippen LogP contribution in [0.15, 0.2) is 25.3 Å². The molecule has 0 unspecified atom stereocenters. The molecule has 2 saturated heterocycles. The van der Waals surface area contributed by atoms with Gasteiger partial charge in [0.05, 0.1) is 0 Å². The minimum atomic E-state index is -1.37. The summed E-state index contributed by atoms with van der Waals surface area (Å²) in [5, 5.41) is 5.05. The van der Waals surface area contributed by atoms with Crippen LogP contribution in [0.4, 0.5) is 4.79 Å². The van der Waals surface area contributed by atoms with Gasteiger partial charge in [-0.05, 0) is 73.1 Å². The second-order valence-corrected chi connectivity index (χ2v) is 12.9. The number of likely N-dealkylation sites (tertiary alicyclic amines) is 2. The molecule has 0 aromatic carbocycles. The quantitative estimate of drug-likeness (QED) is 0.122. The molecule has 0 aliphatic carbocycles. The summed E-state index contributed by atoms with van der Waals surface area (Å²) in [5.74, 6) is -3.89. The summed E-state index contributed by atoms with van der Waals surface area (Å²) >= 11 is 0. The van der Waals surface area contributed by atoms with Crippen LogP contribution in [0, 0.1) is 0 Å². The highest BCUT2D eigenvalue weighted by molar-refractivity contribution is 5.96. The van der Waals surface area contributed by atoms with Crippen LogP contribution in [-0.4, -0.2) is 107 Å². The van der Waals surface area contributed by atoms with E-state index in [0.717, 1.165) is 0 Å². The maximum Gasteiger partial charge on any atom is 0.408 e. The molecule has 5 amide bonds. The lowest BCUT2D eigenvalue weighted by molar-refractivity contribution is -0.156. The third-order valence-corrected chi connectivity index (χ3v) is 7.88. The third kappa shape index (κ3) is 11.7. The maximum absolute atomic E-state index is 14.0. The zero-order valence-electron chi connectivity index (χ0n) is 28.7. The molecule has 0 aromatic heterocycles. The van der Waals surface area contributed by atoms with E-state index in [9.17, 15) is 33.6 Å². The van der Waals surface area contributed by atoms with Gasteiger partial charge in [0.15, 0.2) is 0 Å². The summed E-state index contributed by atoms with van der Waals surface area (Å²) in [6.07, 6.45) is 2.35. The molecule has 48 heavy (non-hydrogen) atoms. The highest BCUT2D eigenvalue weighted by atomic mass is 16.6. The number of nitrogens with two attached hydrogens (primary N) is 1. The number of amides is 5. The van der Waals surface area contributed by atoms with E-state index in [-0.39, 0.29) is 32.4 Å². The normalized spacial score (nSPS) is 20.0. The van der Waals surface area contributed by atoms with Crippen molar-refractivity contribution in [2.75, 3.05) is 13.1 Å². The van der Waals surface area contributed by atoms with Gasteiger partial charge >= 0.3 is 18.0 Å². The number of hydrogen-bond acceptors (Lipinski definition) is 10. The molecule has 2 aliphatic heterocycles. The Bertz CT molecular complexity index is 1230. The topological polar surface area (TPSA) is 204 Å². The fraction of sp³-hybridized carbons (Fsp3) is 0.667. The van der Waals surface area contributed by atoms with Crippen molar-refractivity contribution in [1.82, 2.24) is 20.4 Å². The number of carbonyl (C=O) groups is 7. The molecular weight excluding hydrogens is 626 g/mol. The largest absolute Gasteiger partial charge is 0.460 e. The van der Waals surface area contributed by atoms with Crippen LogP contribution in [0.5, 0.6) is 0 Å². The first-order valence-electron chi connectivity index (χ1n) is 16.3. The van der Waals surface area contributed by atoms with Crippen molar-refractivity contribution < 1.29 is 47.8 Å². The van der Waals surface area contributed by atoms with Gasteiger partial charge in [-0.2, -0.15) is 0 Å². The van der Waals surface area contributed by atoms with Crippen LogP contribution in [0.25, 0.3) is 0 Å². The number of carbonyl (C=O) groups excluding carboxylic acids is 7. The zero-order valence-corrected chi connectivity index (χ0v) is 28.7. The fourth-order valence-electron chi connectivity index (χ4n) is 5.55. The van der Waals surface area contributed by atoms with E-state index in [1.54, 1.807) is 32.9 Å². The van der Waals surface area contributed by atoms with E-state index in [0.29, 0.717) is 32.1 Å². The summed E-state index contributed by atoms with van der Waals surface area (Å²) in [4.78, 5) is 93.5. The predicted octanol–water partition coefficient (Wildman–Crippen LogP) is 1.63. The molecule has 0 radical (unpaired) electrons. The Labute approximate surface area is 281 Å². The number of ether oxygens (including phenoxy) is 3. The van der Waals surface area contributed by atoms with Crippen LogP contribution >= 0.6 is 0 Å². The van der Waals surface area contributed by atoms with Crippen LogP contribution in [0.3, 0.4) is 0 Å². The molecule has 2 heterocycles. The highest BCUT2D eigenvalue weighted by Crippen LogP contribution is 2.26. The van der Waals surface area contributed by atoms with Crippen molar-refractivity contribution in [1.29, 1.82) is 0 Å². The van der Waals surface area contributed by atoms with E-state index >= 15 is 0 Å². The van der Waals surface area contributed by atoms with Crippen molar-refractivity contribution in [2.24, 2.45) is 5.73 Å². The molecule has 15 heteroatoms. The molecule has 2 rings (SSSR count). The maximum atomic E-state index is 14.0. The Kier molecular flexibility index (Phi) is 15.1. The van der Waals surface area contributed by atoms with Gasteiger partial charge in [0.1, 0.15) is 42.0 Å². The molecule has 4 N–H and O–H groups in total. The first-order chi connectivity index (χ1) is 22.5. The van der Waals surface area contributed by atoms with Crippen LogP contribution in [0.2, 0.25) is 0 Å². The Morgan fingerprint density at radius 2 is 1.31 bits per heavy atom. The van der Waals surface area contributed by atoms with E-state index in [1.165, 1.54) is 23.6 Å². The van der Waals surface area contributed by atoms with Gasteiger partial charge in [-0.25, -0.2) is 4.79 Å². The predicted molar refractivity (Wildman–Crippen MR) is 174 cm³/mol. The van der Waals surface area contributed by atoms with E-state index in [4.69, 9.17) is 19.9 Å². The van der Waals surface area contributed by atoms with Crippen molar-refractivity contribution in [3.8, 4) is 0 Å². The van der Waals surface area contributed by atoms with Gasteiger partial charge in [0, 0.05) is 25.9 Å². The zero-order chi connectivity index (χ0) is 36.2. The SMILES string of the molecule is C=CCCC(=O)O[C@H](C)[C@H](NC(=O)[C@@H]1CCCN1C(=O)[C@@H]1CCCN1C(=O)[C@@H](NC(=O)OC(C)(C)C)[C@@H](C)OC(=O)CCC=C)C(N)=O. The van der Waals surface area contributed by atoms with Gasteiger partial charge in [-0.1, -0.05) is 12.2 Å². The Balaban J connectivity index is 2.23. The van der Waals surface area contributed by atoms with Crippen LogP contribution in [0.1, 0.15) is 86.0 Å². The van der Waals surface area contributed by atoms with E-state index in [2.05, 4.69) is 23.8 Å². The second kappa shape index (κ2) is 18.2. The van der Waals surface area contributed by atoms with Gasteiger partial charge in [0.2, 0.25) is 23.6 Å². The lowest BCUT2D eigenvalue weighted by Gasteiger charge is -2.34. The number of primary amides is 1. The van der Waals surface area contributed by atoms with Crippen molar-refractivity contribution in [3.05, 3.63) is 25.3 Å². The Morgan fingerprint density at radius 1 is 0.812 bits per heavy atom. The highest BCUT2D eigenvalue weighted by Gasteiger charge is 2.45. The molecule has 6 atom stereocenters. The molecule has 0 spiro atoms. The monoisotopic (exact) mass is 677 g/mol. The number of esters is 2. The van der Waals surface area contributed by atoms with Gasteiger partial charge in [-0.3, -0.25) is 28.8 Å². The van der Waals surface area contributed by atoms with Gasteiger partial charge in [0.25, 0.3) is 0 Å². The number of alkyl carbamates (subject to hydrolysis) is 1. The summed E-state index contributed by atoms with van der Waals surface area (Å²) in [6.45, 7) is 15.4. The molecule has 268 valence electrons. The Hall–Kier alpha value is -4.43. The van der Waals surface area contributed by atoms with Gasteiger partial charge in [-0.15, -0.1) is 13.2 Å². The van der Waals surface area contributed by atoms with Crippen LogP contribution < -0.4 is 16.4 Å². The number of rotatable bonds is 16. The van der Waals surface area contributed by atoms with E-state index < -0.39 is 83.6 Å². The number of nitrogens with one attached hydrogen (secondary N) is 2. The number of nitrogens with zero attached hydrogens (tertiary/aromatic N) is 2. The standard InChI is InChI=1S/C33H51N5O10/c1-8-10-16-24(39)46-20(3)26(28(34)41)35-29(42)22-14-12-18-37(22)30(43)23-15-13-19-38(23)31(44)27(36-32(45)48-33(5,6)7)21(4)47-25(40)17-11-9-2/h8-9,20-23,26-27H,1-2,10-19H2,3-7H3,(H2,34,41)(H,35,42)(H,36,45)/t20-,21-,22+,23+,26+,27+/m1/s1. The molecular formula is C33H51N5O10. The molecule has 15 nitrogen and oxygen atoms in total. The Morgan fingerprint density at radius 3 is 1.81 bits per heavy atom. The average Bonchev–Trinajstić information content (AvgIpc) is 3.69. The first-order valence-corrected chi connectivity index (χ1v) is 16.3. The number of allylic oxidation sites excluding steroid dienone is 2. The average molecular weight is 678 g/mol. The molecule has 0 aromatic rings. The molecule has 0 bridgehead atoms. The molecule has 0 saturated carbocycles. The number of hydrogen-bond donors (Lipinski definition) is 3. The van der Waals surface area contributed by atoms with E-state index in [1.807, 2.05) is 0 Å². The summed E-state index contributed by atoms with van der Waals surface area (Å²) < 4.78 is 16.1. The van der Waals surface area contributed by atoms with Crippen molar-refractivity contribution >= 4 is 41.7 Å². The van der Waals surface area contributed by atoms with Crippen LogP contribution in [-0.2, 0) is 43.0 Å². The molecule has 2 fully saturated rings. The minimum Gasteiger partial charge on any atom is -0.460 e.